The van der Waals surface area contributed by atoms with Gasteiger partial charge in [-0.25, -0.2) is 0 Å². The highest BCUT2D eigenvalue weighted by Crippen LogP contribution is 2.56. The van der Waals surface area contributed by atoms with Gasteiger partial charge in [-0.05, 0) is 37.7 Å². The summed E-state index contributed by atoms with van der Waals surface area (Å²) >= 11 is 0. The minimum Gasteiger partial charge on any atom is -0.496 e. The molecule has 2 unspecified atom stereocenters. The highest BCUT2D eigenvalue weighted by atomic mass is 16.5. The van der Waals surface area contributed by atoms with E-state index in [-0.39, 0.29) is 0 Å². The number of hydrogen-bond donors (Lipinski definition) is 0. The number of rotatable bonds is 4. The SMILES string of the molecule is COc1ccc(C)cc1CC(=O)C1C2CCCCC21. The Morgan fingerprint density at radius 1 is 1.26 bits per heavy atom. The van der Waals surface area contributed by atoms with Crippen LogP contribution >= 0.6 is 0 Å². The van der Waals surface area contributed by atoms with Crippen LogP contribution in [-0.4, -0.2) is 12.9 Å². The molecule has 102 valence electrons. The molecule has 2 aliphatic carbocycles. The van der Waals surface area contributed by atoms with Gasteiger partial charge in [0.25, 0.3) is 0 Å². The van der Waals surface area contributed by atoms with Gasteiger partial charge in [-0.1, -0.05) is 30.5 Å². The first-order chi connectivity index (χ1) is 9.20. The average molecular weight is 258 g/mol. The van der Waals surface area contributed by atoms with Gasteiger partial charge in [0.15, 0.2) is 0 Å². The number of ether oxygens (including phenoxy) is 1. The van der Waals surface area contributed by atoms with E-state index in [1.54, 1.807) is 7.11 Å². The van der Waals surface area contributed by atoms with Crippen LogP contribution in [0.2, 0.25) is 0 Å². The van der Waals surface area contributed by atoms with Gasteiger partial charge in [0.05, 0.1) is 7.11 Å². The average Bonchev–Trinajstić information content (AvgIpc) is 3.13. The molecular weight excluding hydrogens is 236 g/mol. The fourth-order valence-corrected chi connectivity index (χ4v) is 3.82. The molecule has 3 rings (SSSR count). The van der Waals surface area contributed by atoms with E-state index in [0.717, 1.165) is 11.3 Å². The summed E-state index contributed by atoms with van der Waals surface area (Å²) in [5, 5.41) is 0. The van der Waals surface area contributed by atoms with Crippen molar-refractivity contribution in [3.8, 4) is 5.75 Å². The number of Topliss-reactive ketones (excluding diaryl/α,β-unsaturated/α-hetero) is 1. The molecule has 0 heterocycles. The molecule has 0 N–H and O–H groups in total. The van der Waals surface area contributed by atoms with Gasteiger partial charge in [0.2, 0.25) is 0 Å². The first-order valence-corrected chi connectivity index (χ1v) is 7.37. The Labute approximate surface area is 115 Å². The summed E-state index contributed by atoms with van der Waals surface area (Å²) in [7, 11) is 1.68. The zero-order valence-corrected chi connectivity index (χ0v) is 11.8. The van der Waals surface area contributed by atoms with E-state index in [2.05, 4.69) is 13.0 Å². The third-order valence-corrected chi connectivity index (χ3v) is 4.83. The van der Waals surface area contributed by atoms with Crippen LogP contribution in [0.1, 0.15) is 36.8 Å². The van der Waals surface area contributed by atoms with Crippen molar-refractivity contribution in [2.45, 2.75) is 39.0 Å². The first-order valence-electron chi connectivity index (χ1n) is 7.37. The predicted molar refractivity (Wildman–Crippen MR) is 75.4 cm³/mol. The topological polar surface area (TPSA) is 26.3 Å². The number of methoxy groups -OCH3 is 1. The van der Waals surface area contributed by atoms with E-state index >= 15 is 0 Å². The van der Waals surface area contributed by atoms with Gasteiger partial charge in [-0.2, -0.15) is 0 Å². The lowest BCUT2D eigenvalue weighted by molar-refractivity contribution is -0.120. The molecule has 2 saturated carbocycles. The van der Waals surface area contributed by atoms with Crippen LogP contribution in [0, 0.1) is 24.7 Å². The van der Waals surface area contributed by atoms with Crippen molar-refractivity contribution in [2.75, 3.05) is 7.11 Å². The maximum atomic E-state index is 12.5. The third-order valence-electron chi connectivity index (χ3n) is 4.83. The van der Waals surface area contributed by atoms with Crippen LogP contribution in [0.25, 0.3) is 0 Å². The number of aryl methyl sites for hydroxylation is 1. The highest BCUT2D eigenvalue weighted by Gasteiger charge is 2.53. The van der Waals surface area contributed by atoms with Crippen LogP contribution in [0.4, 0.5) is 0 Å². The van der Waals surface area contributed by atoms with Gasteiger partial charge >= 0.3 is 0 Å². The number of fused-ring (bicyclic) bond motifs is 1. The summed E-state index contributed by atoms with van der Waals surface area (Å²) in [6.07, 6.45) is 5.72. The molecule has 0 bridgehead atoms. The Bertz CT molecular complexity index is 480. The number of ketones is 1. The molecule has 2 nitrogen and oxygen atoms in total. The maximum Gasteiger partial charge on any atom is 0.141 e. The summed E-state index contributed by atoms with van der Waals surface area (Å²) in [6, 6.07) is 6.09. The Morgan fingerprint density at radius 2 is 1.95 bits per heavy atom. The molecular formula is C17H22O2. The maximum absolute atomic E-state index is 12.5. The largest absolute Gasteiger partial charge is 0.496 e. The van der Waals surface area contributed by atoms with Crippen molar-refractivity contribution in [3.05, 3.63) is 29.3 Å². The molecule has 0 saturated heterocycles. The standard InChI is InChI=1S/C17H22O2/c1-11-7-8-16(19-2)12(9-11)10-15(18)17-13-5-3-4-6-14(13)17/h7-9,13-14,17H,3-6,10H2,1-2H3. The van der Waals surface area contributed by atoms with E-state index in [9.17, 15) is 4.79 Å². The zero-order valence-electron chi connectivity index (χ0n) is 11.8. The normalized spacial score (nSPS) is 28.6. The third kappa shape index (κ3) is 2.41. The molecule has 2 atom stereocenters. The van der Waals surface area contributed by atoms with Gasteiger partial charge in [-0.3, -0.25) is 4.79 Å². The first kappa shape index (κ1) is 12.7. The Balaban J connectivity index is 1.71. The van der Waals surface area contributed by atoms with Crippen molar-refractivity contribution in [2.24, 2.45) is 17.8 Å². The van der Waals surface area contributed by atoms with E-state index in [1.807, 2.05) is 12.1 Å². The number of hydrogen-bond acceptors (Lipinski definition) is 2. The van der Waals surface area contributed by atoms with Crippen LogP contribution in [0.15, 0.2) is 18.2 Å². The van der Waals surface area contributed by atoms with Crippen LogP contribution in [0.3, 0.4) is 0 Å². The van der Waals surface area contributed by atoms with E-state index in [1.165, 1.54) is 31.2 Å². The smallest absolute Gasteiger partial charge is 0.141 e. The summed E-state index contributed by atoms with van der Waals surface area (Å²) in [4.78, 5) is 12.5. The molecule has 1 aromatic rings. The van der Waals surface area contributed by atoms with Crippen LogP contribution in [-0.2, 0) is 11.2 Å². The number of benzene rings is 1. The van der Waals surface area contributed by atoms with Crippen molar-refractivity contribution in [3.63, 3.8) is 0 Å². The van der Waals surface area contributed by atoms with Gasteiger partial charge in [-0.15, -0.1) is 0 Å². The molecule has 2 heteroatoms. The fraction of sp³-hybridized carbons (Fsp3) is 0.588. The quantitative estimate of drug-likeness (QED) is 0.825. The van der Waals surface area contributed by atoms with Crippen molar-refractivity contribution >= 4 is 5.78 Å². The fourth-order valence-electron chi connectivity index (χ4n) is 3.82. The molecule has 19 heavy (non-hydrogen) atoms. The second kappa shape index (κ2) is 4.99. The second-order valence-electron chi connectivity index (χ2n) is 6.10. The molecule has 2 fully saturated rings. The Hall–Kier alpha value is -1.31. The van der Waals surface area contributed by atoms with Crippen LogP contribution < -0.4 is 4.74 Å². The predicted octanol–water partition coefficient (Wildman–Crippen LogP) is 3.55. The molecule has 0 aromatic heterocycles. The van der Waals surface area contributed by atoms with E-state index in [4.69, 9.17) is 4.74 Å². The van der Waals surface area contributed by atoms with Crippen LogP contribution in [0.5, 0.6) is 5.75 Å². The lowest BCUT2D eigenvalue weighted by Crippen LogP contribution is -2.08. The van der Waals surface area contributed by atoms with Crippen molar-refractivity contribution in [1.29, 1.82) is 0 Å². The minimum atomic E-state index is 0.354. The summed E-state index contributed by atoms with van der Waals surface area (Å²) < 4.78 is 5.37. The monoisotopic (exact) mass is 258 g/mol. The minimum absolute atomic E-state index is 0.354. The molecule has 1 aromatic carbocycles. The molecule has 0 amide bonds. The van der Waals surface area contributed by atoms with E-state index in [0.29, 0.717) is 30.0 Å². The summed E-state index contributed by atoms with van der Waals surface area (Å²) in [6.45, 7) is 2.06. The lowest BCUT2D eigenvalue weighted by atomic mass is 10.0. The molecule has 0 spiro atoms. The van der Waals surface area contributed by atoms with Gasteiger partial charge in [0.1, 0.15) is 11.5 Å². The van der Waals surface area contributed by atoms with Crippen molar-refractivity contribution < 1.29 is 9.53 Å². The van der Waals surface area contributed by atoms with Gasteiger partial charge in [0, 0.05) is 17.9 Å². The Morgan fingerprint density at radius 3 is 2.58 bits per heavy atom. The zero-order chi connectivity index (χ0) is 13.4. The van der Waals surface area contributed by atoms with Crippen molar-refractivity contribution in [1.82, 2.24) is 0 Å². The summed E-state index contributed by atoms with van der Waals surface area (Å²) in [5.74, 6) is 3.05. The molecule has 0 radical (unpaired) electrons. The highest BCUT2D eigenvalue weighted by molar-refractivity contribution is 5.87. The van der Waals surface area contributed by atoms with Gasteiger partial charge < -0.3 is 4.74 Å². The summed E-state index contributed by atoms with van der Waals surface area (Å²) in [5.41, 5.74) is 2.24. The second-order valence-corrected chi connectivity index (χ2v) is 6.10. The molecule has 2 aliphatic rings. The Kier molecular flexibility index (Phi) is 3.34. The number of carbonyl (C=O) groups is 1. The van der Waals surface area contributed by atoms with E-state index < -0.39 is 0 Å². The lowest BCUT2D eigenvalue weighted by Gasteiger charge is -2.09. The molecule has 0 aliphatic heterocycles. The number of carbonyl (C=O) groups excluding carboxylic acids is 1.